The number of carboxylic acid groups (broad SMARTS) is 1. The van der Waals surface area contributed by atoms with Crippen molar-refractivity contribution in [2.24, 2.45) is 5.73 Å². The lowest BCUT2D eigenvalue weighted by molar-refractivity contribution is -0.139. The molecule has 1 fully saturated rings. The van der Waals surface area contributed by atoms with Crippen LogP contribution in [0.3, 0.4) is 0 Å². The number of carboxylic acids is 1. The van der Waals surface area contributed by atoms with Crippen LogP contribution in [0.25, 0.3) is 0 Å². The third-order valence-electron chi connectivity index (χ3n) is 3.02. The van der Waals surface area contributed by atoms with E-state index >= 15 is 0 Å². The van der Waals surface area contributed by atoms with Gasteiger partial charge in [0, 0.05) is 12.6 Å². The highest BCUT2D eigenvalue weighted by atomic mass is 16.4. The smallest absolute Gasteiger partial charge is 0.305 e. The molecule has 0 radical (unpaired) electrons. The van der Waals surface area contributed by atoms with Crippen LogP contribution in [0.4, 0.5) is 0 Å². The molecule has 1 amide bonds. The van der Waals surface area contributed by atoms with Crippen LogP contribution in [0, 0.1) is 0 Å². The van der Waals surface area contributed by atoms with E-state index in [1.807, 2.05) is 0 Å². The molecule has 1 atom stereocenters. The second-order valence-corrected chi connectivity index (χ2v) is 4.66. The maximum absolute atomic E-state index is 12.1. The predicted octanol–water partition coefficient (Wildman–Crippen LogP) is 0.970. The highest BCUT2D eigenvalue weighted by molar-refractivity contribution is 5.82. The molecule has 0 bridgehead atoms. The van der Waals surface area contributed by atoms with Crippen molar-refractivity contribution in [1.29, 1.82) is 0 Å². The Morgan fingerprint density at radius 1 is 1.47 bits per heavy atom. The quantitative estimate of drug-likeness (QED) is 0.664. The van der Waals surface area contributed by atoms with Crippen LogP contribution >= 0.6 is 0 Å². The van der Waals surface area contributed by atoms with Crippen LogP contribution in [0.2, 0.25) is 0 Å². The molecule has 5 nitrogen and oxygen atoms in total. The summed E-state index contributed by atoms with van der Waals surface area (Å²) in [4.78, 5) is 24.3. The van der Waals surface area contributed by atoms with E-state index in [1.54, 1.807) is 4.90 Å². The van der Waals surface area contributed by atoms with Crippen LogP contribution in [-0.2, 0) is 9.59 Å². The van der Waals surface area contributed by atoms with Crippen molar-refractivity contribution < 1.29 is 14.7 Å². The molecule has 1 saturated carbocycles. The second kappa shape index (κ2) is 6.59. The van der Waals surface area contributed by atoms with Gasteiger partial charge in [0.2, 0.25) is 5.91 Å². The minimum absolute atomic E-state index is 0.00272. The first-order valence-corrected chi connectivity index (χ1v) is 6.34. The number of nitrogens with two attached hydrogens (primary N) is 1. The van der Waals surface area contributed by atoms with E-state index in [-0.39, 0.29) is 18.4 Å². The Bertz CT molecular complexity index is 277. The maximum atomic E-state index is 12.1. The third-order valence-corrected chi connectivity index (χ3v) is 3.02. The van der Waals surface area contributed by atoms with Crippen molar-refractivity contribution in [2.75, 3.05) is 6.54 Å². The van der Waals surface area contributed by atoms with Gasteiger partial charge in [0.05, 0.1) is 12.5 Å². The third kappa shape index (κ3) is 4.73. The number of amides is 1. The first-order chi connectivity index (χ1) is 8.06. The molecule has 98 valence electrons. The van der Waals surface area contributed by atoms with Gasteiger partial charge in [-0.05, 0) is 19.3 Å². The highest BCUT2D eigenvalue weighted by Gasteiger charge is 2.34. The average Bonchev–Trinajstić information content (AvgIpc) is 3.09. The molecule has 0 spiro atoms. The Hall–Kier alpha value is -1.10. The van der Waals surface area contributed by atoms with Gasteiger partial charge in [-0.3, -0.25) is 9.59 Å². The molecule has 0 aliphatic heterocycles. The molecule has 17 heavy (non-hydrogen) atoms. The van der Waals surface area contributed by atoms with E-state index in [4.69, 9.17) is 10.8 Å². The fraction of sp³-hybridized carbons (Fsp3) is 0.833. The largest absolute Gasteiger partial charge is 0.481 e. The van der Waals surface area contributed by atoms with E-state index in [1.165, 1.54) is 0 Å². The van der Waals surface area contributed by atoms with Crippen LogP contribution in [-0.4, -0.2) is 40.5 Å². The summed E-state index contributed by atoms with van der Waals surface area (Å²) in [6.07, 6.45) is 4.59. The van der Waals surface area contributed by atoms with Gasteiger partial charge in [-0.1, -0.05) is 19.8 Å². The number of hydrogen-bond acceptors (Lipinski definition) is 3. The van der Waals surface area contributed by atoms with Crippen LogP contribution in [0.15, 0.2) is 0 Å². The van der Waals surface area contributed by atoms with E-state index in [2.05, 4.69) is 6.92 Å². The molecule has 1 aliphatic rings. The molecular weight excluding hydrogens is 220 g/mol. The van der Waals surface area contributed by atoms with Crippen LogP contribution in [0.1, 0.15) is 45.4 Å². The number of aliphatic carboxylic acids is 1. The molecule has 3 N–H and O–H groups in total. The minimum Gasteiger partial charge on any atom is -0.481 e. The zero-order valence-electron chi connectivity index (χ0n) is 10.4. The lowest BCUT2D eigenvalue weighted by atomic mass is 10.1. The fourth-order valence-corrected chi connectivity index (χ4v) is 1.84. The number of carbonyl (C=O) groups is 2. The first-order valence-electron chi connectivity index (χ1n) is 6.34. The van der Waals surface area contributed by atoms with Crippen molar-refractivity contribution in [2.45, 2.75) is 57.5 Å². The topological polar surface area (TPSA) is 83.6 Å². The Balaban J connectivity index is 2.45. The summed E-state index contributed by atoms with van der Waals surface area (Å²) in [6, 6.07) is -0.237. The Morgan fingerprint density at radius 3 is 2.59 bits per heavy atom. The zero-order chi connectivity index (χ0) is 12.8. The van der Waals surface area contributed by atoms with Gasteiger partial charge < -0.3 is 15.7 Å². The van der Waals surface area contributed by atoms with Crippen LogP contribution < -0.4 is 5.73 Å². The number of rotatable bonds is 8. The summed E-state index contributed by atoms with van der Waals surface area (Å²) in [5.41, 5.74) is 5.84. The average molecular weight is 242 g/mol. The van der Waals surface area contributed by atoms with Gasteiger partial charge >= 0.3 is 5.97 Å². The number of nitrogens with zero attached hydrogens (tertiary/aromatic N) is 1. The lowest BCUT2D eigenvalue weighted by Crippen LogP contribution is -2.45. The summed E-state index contributed by atoms with van der Waals surface area (Å²) in [5.74, 6) is -0.951. The summed E-state index contributed by atoms with van der Waals surface area (Å²) in [7, 11) is 0. The molecule has 0 aromatic heterocycles. The molecule has 0 unspecified atom stereocenters. The number of carbonyl (C=O) groups excluding carboxylic acids is 1. The molecule has 1 aliphatic carbocycles. The molecule has 0 saturated heterocycles. The Kier molecular flexibility index (Phi) is 5.41. The molecule has 5 heteroatoms. The Morgan fingerprint density at radius 2 is 2.12 bits per heavy atom. The minimum atomic E-state index is -0.870. The molecule has 1 rings (SSSR count). The number of unbranched alkanes of at least 4 members (excludes halogenated alkanes) is 1. The molecule has 0 heterocycles. The van der Waals surface area contributed by atoms with Gasteiger partial charge in [-0.25, -0.2) is 0 Å². The highest BCUT2D eigenvalue weighted by Crippen LogP contribution is 2.27. The molecule has 0 aromatic carbocycles. The predicted molar refractivity (Wildman–Crippen MR) is 64.5 cm³/mol. The monoisotopic (exact) mass is 242 g/mol. The molecule has 0 aromatic rings. The van der Waals surface area contributed by atoms with Crippen molar-refractivity contribution in [3.8, 4) is 0 Å². The van der Waals surface area contributed by atoms with E-state index < -0.39 is 12.0 Å². The molecular formula is C12H22N2O3. The fourth-order valence-electron chi connectivity index (χ4n) is 1.84. The standard InChI is InChI=1S/C12H22N2O3/c1-2-3-4-10(13)12(17)14(9-5-6-9)8-7-11(15)16/h9-10H,2-8,13H2,1H3,(H,15,16)/t10-/m0/s1. The van der Waals surface area contributed by atoms with Crippen molar-refractivity contribution >= 4 is 11.9 Å². The van der Waals surface area contributed by atoms with E-state index in [9.17, 15) is 9.59 Å². The van der Waals surface area contributed by atoms with Gasteiger partial charge in [-0.2, -0.15) is 0 Å². The van der Waals surface area contributed by atoms with Gasteiger partial charge in [-0.15, -0.1) is 0 Å². The SMILES string of the molecule is CCCC[C@H](N)C(=O)N(CCC(=O)O)C1CC1. The normalized spacial score (nSPS) is 16.6. The first kappa shape index (κ1) is 14.0. The summed E-state index contributed by atoms with van der Waals surface area (Å²) in [6.45, 7) is 2.35. The van der Waals surface area contributed by atoms with Gasteiger partial charge in [0.25, 0.3) is 0 Å². The summed E-state index contributed by atoms with van der Waals surface area (Å²) >= 11 is 0. The van der Waals surface area contributed by atoms with Crippen molar-refractivity contribution in [3.05, 3.63) is 0 Å². The van der Waals surface area contributed by atoms with Crippen LogP contribution in [0.5, 0.6) is 0 Å². The maximum Gasteiger partial charge on any atom is 0.305 e. The zero-order valence-corrected chi connectivity index (χ0v) is 10.4. The van der Waals surface area contributed by atoms with Crippen molar-refractivity contribution in [3.63, 3.8) is 0 Å². The number of hydrogen-bond donors (Lipinski definition) is 2. The van der Waals surface area contributed by atoms with Gasteiger partial charge in [0.15, 0.2) is 0 Å². The van der Waals surface area contributed by atoms with E-state index in [0.717, 1.165) is 25.7 Å². The second-order valence-electron chi connectivity index (χ2n) is 4.66. The van der Waals surface area contributed by atoms with Crippen molar-refractivity contribution in [1.82, 2.24) is 4.90 Å². The Labute approximate surface area is 102 Å². The summed E-state index contributed by atoms with van der Waals surface area (Å²) in [5, 5.41) is 8.66. The lowest BCUT2D eigenvalue weighted by Gasteiger charge is -2.25. The van der Waals surface area contributed by atoms with Gasteiger partial charge in [0.1, 0.15) is 0 Å². The summed E-state index contributed by atoms with van der Waals surface area (Å²) < 4.78 is 0. The van der Waals surface area contributed by atoms with E-state index in [0.29, 0.717) is 13.0 Å².